The maximum atomic E-state index is 5.39. The standard InChI is InChI=1S/C10H15NS2/c11-6-7-12-8-9-13-10-4-2-1-3-5-10/h1-5H,6-9,11H2. The van der Waals surface area contributed by atoms with E-state index in [0.717, 1.165) is 12.3 Å². The molecule has 0 aliphatic carbocycles. The van der Waals surface area contributed by atoms with Crippen LogP contribution in [0.25, 0.3) is 0 Å². The molecule has 1 nitrogen and oxygen atoms in total. The Bertz CT molecular complexity index is 213. The van der Waals surface area contributed by atoms with Crippen molar-refractivity contribution in [1.29, 1.82) is 0 Å². The van der Waals surface area contributed by atoms with Gasteiger partial charge in [0.1, 0.15) is 0 Å². The van der Waals surface area contributed by atoms with Gasteiger partial charge >= 0.3 is 0 Å². The van der Waals surface area contributed by atoms with Crippen LogP contribution in [0.15, 0.2) is 35.2 Å². The molecule has 0 aliphatic rings. The number of hydrogen-bond donors (Lipinski definition) is 1. The Morgan fingerprint density at radius 3 is 2.46 bits per heavy atom. The molecule has 0 bridgehead atoms. The Balaban J connectivity index is 2.07. The highest BCUT2D eigenvalue weighted by Crippen LogP contribution is 2.17. The summed E-state index contributed by atoms with van der Waals surface area (Å²) < 4.78 is 0. The van der Waals surface area contributed by atoms with Crippen molar-refractivity contribution in [2.45, 2.75) is 4.90 Å². The number of benzene rings is 1. The second kappa shape index (κ2) is 7.30. The Morgan fingerprint density at radius 1 is 1.00 bits per heavy atom. The normalized spacial score (nSPS) is 10.2. The number of rotatable bonds is 6. The van der Waals surface area contributed by atoms with E-state index in [2.05, 4.69) is 24.3 Å². The van der Waals surface area contributed by atoms with Gasteiger partial charge in [0.25, 0.3) is 0 Å². The Morgan fingerprint density at radius 2 is 1.77 bits per heavy atom. The number of nitrogens with two attached hydrogens (primary N) is 1. The zero-order valence-corrected chi connectivity index (χ0v) is 9.24. The van der Waals surface area contributed by atoms with E-state index in [1.807, 2.05) is 29.6 Å². The first-order valence-electron chi connectivity index (χ1n) is 4.39. The van der Waals surface area contributed by atoms with E-state index in [9.17, 15) is 0 Å². The minimum atomic E-state index is 0.792. The number of thioether (sulfide) groups is 2. The summed E-state index contributed by atoms with van der Waals surface area (Å²) in [4.78, 5) is 1.36. The van der Waals surface area contributed by atoms with Crippen LogP contribution in [0.1, 0.15) is 0 Å². The minimum absolute atomic E-state index is 0.792. The third-order valence-electron chi connectivity index (χ3n) is 1.50. The molecule has 1 rings (SSSR count). The van der Waals surface area contributed by atoms with Crippen LogP contribution in [0.3, 0.4) is 0 Å². The van der Waals surface area contributed by atoms with E-state index >= 15 is 0 Å². The lowest BCUT2D eigenvalue weighted by atomic mass is 10.4. The molecule has 1 aromatic rings. The van der Waals surface area contributed by atoms with Crippen LogP contribution in [0, 0.1) is 0 Å². The summed E-state index contributed by atoms with van der Waals surface area (Å²) in [5.41, 5.74) is 5.39. The van der Waals surface area contributed by atoms with Gasteiger partial charge in [0.05, 0.1) is 0 Å². The van der Waals surface area contributed by atoms with Crippen LogP contribution in [-0.2, 0) is 0 Å². The fraction of sp³-hybridized carbons (Fsp3) is 0.400. The Labute approximate surface area is 88.5 Å². The van der Waals surface area contributed by atoms with Crippen molar-refractivity contribution in [3.63, 3.8) is 0 Å². The summed E-state index contributed by atoms with van der Waals surface area (Å²) in [6, 6.07) is 10.5. The fourth-order valence-corrected chi connectivity index (χ4v) is 2.68. The molecule has 13 heavy (non-hydrogen) atoms. The molecule has 0 radical (unpaired) electrons. The van der Waals surface area contributed by atoms with Gasteiger partial charge in [-0.1, -0.05) is 18.2 Å². The van der Waals surface area contributed by atoms with Gasteiger partial charge in [0.2, 0.25) is 0 Å². The van der Waals surface area contributed by atoms with Crippen molar-refractivity contribution in [3.8, 4) is 0 Å². The summed E-state index contributed by atoms with van der Waals surface area (Å²) in [7, 11) is 0. The van der Waals surface area contributed by atoms with Crippen LogP contribution in [0.5, 0.6) is 0 Å². The molecule has 0 saturated carbocycles. The molecule has 0 amide bonds. The highest BCUT2D eigenvalue weighted by atomic mass is 32.2. The molecular weight excluding hydrogens is 198 g/mol. The molecule has 2 N–H and O–H groups in total. The molecule has 72 valence electrons. The second-order valence-corrected chi connectivity index (χ2v) is 4.96. The zero-order chi connectivity index (χ0) is 9.36. The Hall–Kier alpha value is -0.120. The average molecular weight is 213 g/mol. The van der Waals surface area contributed by atoms with E-state index in [4.69, 9.17) is 5.73 Å². The van der Waals surface area contributed by atoms with Gasteiger partial charge in [-0.3, -0.25) is 0 Å². The van der Waals surface area contributed by atoms with Gasteiger partial charge < -0.3 is 5.73 Å². The van der Waals surface area contributed by atoms with Gasteiger partial charge in [-0.15, -0.1) is 11.8 Å². The van der Waals surface area contributed by atoms with Crippen molar-refractivity contribution in [1.82, 2.24) is 0 Å². The van der Waals surface area contributed by atoms with Gasteiger partial charge in [-0.25, -0.2) is 0 Å². The van der Waals surface area contributed by atoms with Crippen molar-refractivity contribution in [2.75, 3.05) is 23.8 Å². The fourth-order valence-electron chi connectivity index (χ4n) is 0.921. The third-order valence-corrected chi connectivity index (χ3v) is 3.79. The lowest BCUT2D eigenvalue weighted by Crippen LogP contribution is -2.02. The monoisotopic (exact) mass is 213 g/mol. The summed E-state index contributed by atoms with van der Waals surface area (Å²) in [5, 5.41) is 0. The Kier molecular flexibility index (Phi) is 6.15. The number of hydrogen-bond acceptors (Lipinski definition) is 3. The average Bonchev–Trinajstić information content (AvgIpc) is 2.19. The molecule has 0 spiro atoms. The summed E-state index contributed by atoms with van der Waals surface area (Å²) >= 11 is 3.84. The molecule has 0 atom stereocenters. The maximum absolute atomic E-state index is 5.39. The topological polar surface area (TPSA) is 26.0 Å². The SMILES string of the molecule is NCCSCCSc1ccccc1. The van der Waals surface area contributed by atoms with Crippen LogP contribution < -0.4 is 5.73 Å². The first kappa shape index (κ1) is 11.0. The van der Waals surface area contributed by atoms with E-state index in [-0.39, 0.29) is 0 Å². The predicted molar refractivity (Wildman–Crippen MR) is 63.5 cm³/mol. The van der Waals surface area contributed by atoms with Crippen LogP contribution in [-0.4, -0.2) is 23.8 Å². The minimum Gasteiger partial charge on any atom is -0.330 e. The quantitative estimate of drug-likeness (QED) is 0.581. The molecule has 3 heteroatoms. The van der Waals surface area contributed by atoms with E-state index in [1.54, 1.807) is 0 Å². The smallest absolute Gasteiger partial charge is 0.00722 e. The lowest BCUT2D eigenvalue weighted by molar-refractivity contribution is 1.15. The van der Waals surface area contributed by atoms with Gasteiger partial charge in [-0.2, -0.15) is 11.8 Å². The summed E-state index contributed by atoms with van der Waals surface area (Å²) in [6.07, 6.45) is 0. The second-order valence-electron chi connectivity index (χ2n) is 2.56. The largest absolute Gasteiger partial charge is 0.330 e. The summed E-state index contributed by atoms with van der Waals surface area (Å²) in [6.45, 7) is 0.792. The molecule has 0 aromatic heterocycles. The van der Waals surface area contributed by atoms with Gasteiger partial charge in [-0.05, 0) is 12.1 Å². The molecule has 0 fully saturated rings. The highest BCUT2D eigenvalue weighted by Gasteiger charge is 1.92. The lowest BCUT2D eigenvalue weighted by Gasteiger charge is -2.00. The molecule has 0 aliphatic heterocycles. The first-order chi connectivity index (χ1) is 6.43. The van der Waals surface area contributed by atoms with Crippen molar-refractivity contribution in [2.24, 2.45) is 5.73 Å². The van der Waals surface area contributed by atoms with Crippen LogP contribution in [0.2, 0.25) is 0 Å². The van der Waals surface area contributed by atoms with Crippen molar-refractivity contribution >= 4 is 23.5 Å². The summed E-state index contributed by atoms with van der Waals surface area (Å²) in [5.74, 6) is 3.45. The molecule has 1 aromatic carbocycles. The maximum Gasteiger partial charge on any atom is 0.00722 e. The third kappa shape index (κ3) is 5.24. The molecule has 0 unspecified atom stereocenters. The van der Waals surface area contributed by atoms with Gasteiger partial charge in [0, 0.05) is 28.7 Å². The molecular formula is C10H15NS2. The van der Waals surface area contributed by atoms with Crippen LogP contribution >= 0.6 is 23.5 Å². The van der Waals surface area contributed by atoms with E-state index < -0.39 is 0 Å². The van der Waals surface area contributed by atoms with Gasteiger partial charge in [0.15, 0.2) is 0 Å². The molecule has 0 saturated heterocycles. The molecule has 0 heterocycles. The van der Waals surface area contributed by atoms with Crippen molar-refractivity contribution < 1.29 is 0 Å². The van der Waals surface area contributed by atoms with Crippen LogP contribution in [0.4, 0.5) is 0 Å². The van der Waals surface area contributed by atoms with E-state index in [0.29, 0.717) is 0 Å². The zero-order valence-electron chi connectivity index (χ0n) is 7.61. The first-order valence-corrected chi connectivity index (χ1v) is 6.53. The van der Waals surface area contributed by atoms with Crippen molar-refractivity contribution in [3.05, 3.63) is 30.3 Å². The predicted octanol–water partition coefficient (Wildman–Crippen LogP) is 2.47. The highest BCUT2D eigenvalue weighted by molar-refractivity contribution is 8.02. The van der Waals surface area contributed by atoms with E-state index in [1.165, 1.54) is 16.4 Å².